The van der Waals surface area contributed by atoms with Crippen LogP contribution in [0.3, 0.4) is 0 Å². The number of thioether (sulfide) groups is 1. The highest BCUT2D eigenvalue weighted by Crippen LogP contribution is 2.24. The molecular weight excluding hydrogens is 386 g/mol. The average Bonchev–Trinajstić information content (AvgIpc) is 2.78. The fraction of sp³-hybridized carbons (Fsp3) is 0.636. The maximum atomic E-state index is 12.6. The summed E-state index contributed by atoms with van der Waals surface area (Å²) in [7, 11) is 0. The number of nitrogens with zero attached hydrogens (tertiary/aromatic N) is 1. The summed E-state index contributed by atoms with van der Waals surface area (Å²) in [4.78, 5) is 28.0. The Morgan fingerprint density at radius 1 is 1.07 bits per heavy atom. The highest BCUT2D eigenvalue weighted by molar-refractivity contribution is 8.00. The summed E-state index contributed by atoms with van der Waals surface area (Å²) in [6.45, 7) is 5.57. The summed E-state index contributed by atoms with van der Waals surface area (Å²) in [6.07, 6.45) is 6.33. The number of nitrogens with one attached hydrogen (secondary N) is 2. The van der Waals surface area contributed by atoms with Crippen LogP contribution in [0, 0.1) is 5.92 Å². The molecule has 0 aromatic heterocycles. The molecule has 1 aliphatic carbocycles. The van der Waals surface area contributed by atoms with E-state index in [1.54, 1.807) is 0 Å². The van der Waals surface area contributed by atoms with Crippen LogP contribution in [0.2, 0.25) is 0 Å². The van der Waals surface area contributed by atoms with Gasteiger partial charge in [0.2, 0.25) is 5.91 Å². The van der Waals surface area contributed by atoms with Crippen LogP contribution in [0.25, 0.3) is 0 Å². The van der Waals surface area contributed by atoms with Gasteiger partial charge in [-0.1, -0.05) is 31.4 Å². The molecule has 1 aromatic rings. The van der Waals surface area contributed by atoms with E-state index in [-0.39, 0.29) is 11.8 Å². The zero-order valence-electron chi connectivity index (χ0n) is 17.2. The second-order valence-corrected chi connectivity index (χ2v) is 8.82. The number of carbonyl (C=O) groups excluding carboxylic acids is 2. The molecule has 1 saturated carbocycles. The molecular formula is C22H33N3O3S. The lowest BCUT2D eigenvalue weighted by atomic mass is 9.89. The number of carbonyl (C=O) groups is 2. The number of amides is 2. The number of hydrogen-bond donors (Lipinski definition) is 2. The Hall–Kier alpha value is -1.57. The Kier molecular flexibility index (Phi) is 9.31. The van der Waals surface area contributed by atoms with Crippen molar-refractivity contribution in [2.24, 2.45) is 5.92 Å². The molecule has 7 heteroatoms. The molecule has 1 heterocycles. The van der Waals surface area contributed by atoms with Crippen molar-refractivity contribution >= 4 is 23.6 Å². The Bertz CT molecular complexity index is 658. The maximum Gasteiger partial charge on any atom is 0.252 e. The zero-order valence-corrected chi connectivity index (χ0v) is 18.0. The van der Waals surface area contributed by atoms with Gasteiger partial charge in [0.15, 0.2) is 0 Å². The number of benzene rings is 1. The number of morpholine rings is 1. The van der Waals surface area contributed by atoms with Gasteiger partial charge in [0, 0.05) is 37.6 Å². The van der Waals surface area contributed by atoms with Gasteiger partial charge in [-0.15, -0.1) is 11.8 Å². The average molecular weight is 420 g/mol. The molecule has 6 nitrogen and oxygen atoms in total. The molecule has 0 spiro atoms. The van der Waals surface area contributed by atoms with Crippen LogP contribution in [-0.4, -0.2) is 68.4 Å². The standard InChI is InChI=1S/C22H33N3O3S/c26-21(24-16-18-6-2-1-3-7-18)17-29-20-9-5-4-8-19(20)22(27)23-10-11-25-12-14-28-15-13-25/h4-5,8-9,18H,1-3,6-7,10-17H2,(H,23,27)(H,24,26). The summed E-state index contributed by atoms with van der Waals surface area (Å²) >= 11 is 1.43. The Labute approximate surface area is 178 Å². The number of hydrogen-bond acceptors (Lipinski definition) is 5. The van der Waals surface area contributed by atoms with Crippen LogP contribution in [0.1, 0.15) is 42.5 Å². The van der Waals surface area contributed by atoms with Crippen LogP contribution in [0.15, 0.2) is 29.2 Å². The molecule has 1 saturated heterocycles. The Balaban J connectivity index is 1.41. The van der Waals surface area contributed by atoms with Gasteiger partial charge in [-0.2, -0.15) is 0 Å². The van der Waals surface area contributed by atoms with Gasteiger partial charge in [-0.25, -0.2) is 0 Å². The molecule has 2 fully saturated rings. The third-order valence-corrected chi connectivity index (χ3v) is 6.69. The van der Waals surface area contributed by atoms with Crippen molar-refractivity contribution in [3.63, 3.8) is 0 Å². The Morgan fingerprint density at radius 2 is 1.83 bits per heavy atom. The smallest absolute Gasteiger partial charge is 0.252 e. The number of ether oxygens (including phenoxy) is 1. The molecule has 0 unspecified atom stereocenters. The third-order valence-electron chi connectivity index (χ3n) is 5.62. The molecule has 0 radical (unpaired) electrons. The second kappa shape index (κ2) is 12.2. The van der Waals surface area contributed by atoms with Crippen LogP contribution >= 0.6 is 11.8 Å². The topological polar surface area (TPSA) is 70.7 Å². The van der Waals surface area contributed by atoms with Gasteiger partial charge in [0.05, 0.1) is 24.5 Å². The minimum atomic E-state index is -0.0797. The van der Waals surface area contributed by atoms with Crippen molar-refractivity contribution in [3.8, 4) is 0 Å². The van der Waals surface area contributed by atoms with E-state index in [9.17, 15) is 9.59 Å². The van der Waals surface area contributed by atoms with Crippen LogP contribution < -0.4 is 10.6 Å². The highest BCUT2D eigenvalue weighted by Gasteiger charge is 2.16. The first-order chi connectivity index (χ1) is 14.2. The van der Waals surface area contributed by atoms with Gasteiger partial charge < -0.3 is 15.4 Å². The van der Waals surface area contributed by atoms with Crippen molar-refractivity contribution in [2.45, 2.75) is 37.0 Å². The summed E-state index contributed by atoms with van der Waals surface area (Å²) in [5.74, 6) is 0.930. The molecule has 160 valence electrons. The summed E-state index contributed by atoms with van der Waals surface area (Å²) in [5, 5.41) is 6.07. The van der Waals surface area contributed by atoms with Crippen LogP contribution in [0.5, 0.6) is 0 Å². The van der Waals surface area contributed by atoms with Gasteiger partial charge >= 0.3 is 0 Å². The van der Waals surface area contributed by atoms with Gasteiger partial charge in [0.1, 0.15) is 0 Å². The first kappa shape index (κ1) is 22.1. The molecule has 0 bridgehead atoms. The maximum absolute atomic E-state index is 12.6. The van der Waals surface area contributed by atoms with Crippen LogP contribution in [0.4, 0.5) is 0 Å². The lowest BCUT2D eigenvalue weighted by Gasteiger charge is -2.26. The largest absolute Gasteiger partial charge is 0.379 e. The van der Waals surface area contributed by atoms with E-state index in [4.69, 9.17) is 4.74 Å². The molecule has 2 N–H and O–H groups in total. The monoisotopic (exact) mass is 419 g/mol. The van der Waals surface area contributed by atoms with E-state index in [0.29, 0.717) is 23.8 Å². The van der Waals surface area contributed by atoms with Crippen molar-refractivity contribution in [3.05, 3.63) is 29.8 Å². The van der Waals surface area contributed by atoms with E-state index in [1.165, 1.54) is 43.9 Å². The van der Waals surface area contributed by atoms with E-state index in [2.05, 4.69) is 15.5 Å². The lowest BCUT2D eigenvalue weighted by Crippen LogP contribution is -2.41. The fourth-order valence-electron chi connectivity index (χ4n) is 3.87. The van der Waals surface area contributed by atoms with Gasteiger partial charge in [-0.3, -0.25) is 14.5 Å². The van der Waals surface area contributed by atoms with Crippen LogP contribution in [-0.2, 0) is 9.53 Å². The molecule has 3 rings (SSSR count). The summed E-state index contributed by atoms with van der Waals surface area (Å²) in [5.41, 5.74) is 0.638. The molecule has 2 amide bonds. The lowest BCUT2D eigenvalue weighted by molar-refractivity contribution is -0.118. The summed E-state index contributed by atoms with van der Waals surface area (Å²) in [6, 6.07) is 7.51. The summed E-state index contributed by atoms with van der Waals surface area (Å²) < 4.78 is 5.35. The first-order valence-electron chi connectivity index (χ1n) is 10.8. The van der Waals surface area contributed by atoms with Gasteiger partial charge in [0.25, 0.3) is 5.91 Å². The molecule has 1 aliphatic heterocycles. The predicted molar refractivity (Wildman–Crippen MR) is 116 cm³/mol. The zero-order chi connectivity index (χ0) is 20.3. The van der Waals surface area contributed by atoms with Gasteiger partial charge in [-0.05, 0) is 30.9 Å². The highest BCUT2D eigenvalue weighted by atomic mass is 32.2. The van der Waals surface area contributed by atoms with Crippen molar-refractivity contribution < 1.29 is 14.3 Å². The van der Waals surface area contributed by atoms with E-state index < -0.39 is 0 Å². The second-order valence-electron chi connectivity index (χ2n) is 7.80. The number of rotatable bonds is 9. The normalized spacial score (nSPS) is 18.3. The molecule has 2 aliphatic rings. The van der Waals surface area contributed by atoms with E-state index in [0.717, 1.165) is 44.3 Å². The minimum absolute atomic E-state index is 0.0445. The first-order valence-corrected chi connectivity index (χ1v) is 11.8. The SMILES string of the molecule is O=C(CSc1ccccc1C(=O)NCCN1CCOCC1)NCC1CCCCC1. The predicted octanol–water partition coefficient (Wildman–Crippen LogP) is 2.54. The quantitative estimate of drug-likeness (QED) is 0.602. The molecule has 1 aromatic carbocycles. The van der Waals surface area contributed by atoms with Crippen molar-refractivity contribution in [1.29, 1.82) is 0 Å². The van der Waals surface area contributed by atoms with E-state index in [1.807, 2.05) is 24.3 Å². The van der Waals surface area contributed by atoms with E-state index >= 15 is 0 Å². The fourth-order valence-corrected chi connectivity index (χ4v) is 4.75. The third kappa shape index (κ3) is 7.64. The Morgan fingerprint density at radius 3 is 2.62 bits per heavy atom. The molecule has 0 atom stereocenters. The minimum Gasteiger partial charge on any atom is -0.379 e. The van der Waals surface area contributed by atoms with Crippen molar-refractivity contribution in [2.75, 3.05) is 51.7 Å². The molecule has 29 heavy (non-hydrogen) atoms. The van der Waals surface area contributed by atoms with Crippen molar-refractivity contribution in [1.82, 2.24) is 15.5 Å².